The molecule has 90 valence electrons. The maximum Gasteiger partial charge on any atom is 0.123 e. The van der Waals surface area contributed by atoms with Gasteiger partial charge in [0.1, 0.15) is 5.76 Å². The van der Waals surface area contributed by atoms with Crippen LogP contribution in [-0.2, 0) is 0 Å². The fourth-order valence-electron chi connectivity index (χ4n) is 2.90. The molecule has 1 aromatic heterocycles. The molecule has 2 N–H and O–H groups in total. The van der Waals surface area contributed by atoms with E-state index in [1.165, 1.54) is 37.7 Å². The molecule has 1 aliphatic carbocycles. The number of nitrogens with two attached hydrogens (primary N) is 1. The third kappa shape index (κ3) is 2.32. The van der Waals surface area contributed by atoms with Crippen LogP contribution in [0.3, 0.4) is 0 Å². The van der Waals surface area contributed by atoms with E-state index in [2.05, 4.69) is 13.8 Å². The fourth-order valence-corrected chi connectivity index (χ4v) is 2.90. The third-order valence-electron chi connectivity index (χ3n) is 4.18. The average Bonchev–Trinajstić information content (AvgIpc) is 2.75. The molecule has 1 aliphatic rings. The summed E-state index contributed by atoms with van der Waals surface area (Å²) in [7, 11) is 0. The summed E-state index contributed by atoms with van der Waals surface area (Å²) in [5.74, 6) is 2.55. The molecule has 0 saturated heterocycles. The predicted octanol–water partition coefficient (Wildman–Crippen LogP) is 3.80. The highest BCUT2D eigenvalue weighted by Crippen LogP contribution is 2.37. The smallest absolute Gasteiger partial charge is 0.123 e. The molecule has 1 heterocycles. The number of hydrogen-bond acceptors (Lipinski definition) is 2. The molecule has 1 aromatic rings. The summed E-state index contributed by atoms with van der Waals surface area (Å²) in [6, 6.07) is 2.11. The highest BCUT2D eigenvalue weighted by Gasteiger charge is 2.27. The summed E-state index contributed by atoms with van der Waals surface area (Å²) < 4.78 is 5.51. The molecule has 0 amide bonds. The van der Waals surface area contributed by atoms with Crippen molar-refractivity contribution >= 4 is 0 Å². The van der Waals surface area contributed by atoms with Gasteiger partial charge in [0.25, 0.3) is 0 Å². The first-order chi connectivity index (χ1) is 7.72. The minimum Gasteiger partial charge on any atom is -0.467 e. The van der Waals surface area contributed by atoms with Gasteiger partial charge in [0.05, 0.1) is 12.3 Å². The van der Waals surface area contributed by atoms with Gasteiger partial charge in [0, 0.05) is 0 Å². The van der Waals surface area contributed by atoms with Crippen molar-refractivity contribution in [3.63, 3.8) is 0 Å². The number of hydrogen-bond donors (Lipinski definition) is 1. The predicted molar refractivity (Wildman–Crippen MR) is 66.1 cm³/mol. The van der Waals surface area contributed by atoms with Crippen LogP contribution in [0.1, 0.15) is 56.4 Å². The van der Waals surface area contributed by atoms with Gasteiger partial charge in [0.15, 0.2) is 0 Å². The Labute approximate surface area is 98.2 Å². The topological polar surface area (TPSA) is 39.2 Å². The van der Waals surface area contributed by atoms with E-state index in [0.717, 1.165) is 11.7 Å². The van der Waals surface area contributed by atoms with Crippen molar-refractivity contribution in [3.8, 4) is 0 Å². The van der Waals surface area contributed by atoms with Crippen LogP contribution in [0.5, 0.6) is 0 Å². The van der Waals surface area contributed by atoms with E-state index < -0.39 is 0 Å². The Morgan fingerprint density at radius 1 is 1.38 bits per heavy atom. The molecule has 2 heteroatoms. The maximum absolute atomic E-state index is 6.31. The maximum atomic E-state index is 6.31. The van der Waals surface area contributed by atoms with E-state index in [1.54, 1.807) is 6.26 Å². The second-order valence-electron chi connectivity index (χ2n) is 5.18. The Morgan fingerprint density at radius 2 is 2.06 bits per heavy atom. The molecule has 0 radical (unpaired) electrons. The normalized spacial score (nSPS) is 27.9. The Balaban J connectivity index is 1.97. The van der Waals surface area contributed by atoms with Crippen LogP contribution in [0.2, 0.25) is 0 Å². The van der Waals surface area contributed by atoms with Gasteiger partial charge in [0.2, 0.25) is 0 Å². The second-order valence-corrected chi connectivity index (χ2v) is 5.18. The number of aryl methyl sites for hydroxylation is 1. The van der Waals surface area contributed by atoms with Crippen LogP contribution >= 0.6 is 0 Å². The molecule has 0 aliphatic heterocycles. The van der Waals surface area contributed by atoms with Crippen molar-refractivity contribution in [1.82, 2.24) is 0 Å². The summed E-state index contributed by atoms with van der Waals surface area (Å²) >= 11 is 0. The first kappa shape index (κ1) is 11.7. The Hall–Kier alpha value is -0.760. The zero-order valence-electron chi connectivity index (χ0n) is 10.4. The summed E-state index contributed by atoms with van der Waals surface area (Å²) in [5.41, 5.74) is 7.51. The van der Waals surface area contributed by atoms with Crippen LogP contribution in [0.25, 0.3) is 0 Å². The minimum atomic E-state index is 0.104. The molecule has 1 atom stereocenters. The van der Waals surface area contributed by atoms with Crippen molar-refractivity contribution in [2.24, 2.45) is 17.6 Å². The quantitative estimate of drug-likeness (QED) is 0.843. The molecule has 1 fully saturated rings. The molecule has 1 unspecified atom stereocenters. The van der Waals surface area contributed by atoms with Crippen LogP contribution in [-0.4, -0.2) is 0 Å². The highest BCUT2D eigenvalue weighted by atomic mass is 16.3. The van der Waals surface area contributed by atoms with E-state index in [0.29, 0.717) is 5.92 Å². The highest BCUT2D eigenvalue weighted by molar-refractivity contribution is 5.18. The molecule has 0 spiro atoms. The molecule has 16 heavy (non-hydrogen) atoms. The van der Waals surface area contributed by atoms with E-state index in [9.17, 15) is 0 Å². The number of rotatable bonds is 3. The van der Waals surface area contributed by atoms with Gasteiger partial charge >= 0.3 is 0 Å². The van der Waals surface area contributed by atoms with Crippen LogP contribution in [0, 0.1) is 18.8 Å². The standard InChI is InChI=1S/C14H23NO/c1-3-11-4-6-12(7-5-11)13(15)14-10(2)8-9-16-14/h8-9,11-13H,3-7,15H2,1-2H3. The SMILES string of the molecule is CCC1CCC(C(N)c2occc2C)CC1. The van der Waals surface area contributed by atoms with E-state index in [4.69, 9.17) is 10.2 Å². The third-order valence-corrected chi connectivity index (χ3v) is 4.18. The first-order valence-corrected chi connectivity index (χ1v) is 6.52. The van der Waals surface area contributed by atoms with Crippen molar-refractivity contribution in [2.45, 2.75) is 52.0 Å². The summed E-state index contributed by atoms with van der Waals surface area (Å²) in [4.78, 5) is 0. The molecule has 1 saturated carbocycles. The lowest BCUT2D eigenvalue weighted by atomic mass is 9.77. The summed E-state index contributed by atoms with van der Waals surface area (Å²) in [6.45, 7) is 4.37. The molecule has 0 bridgehead atoms. The lowest BCUT2D eigenvalue weighted by Crippen LogP contribution is -2.26. The molecule has 2 rings (SSSR count). The van der Waals surface area contributed by atoms with Gasteiger partial charge < -0.3 is 10.2 Å². The largest absolute Gasteiger partial charge is 0.467 e. The molecule has 0 aromatic carbocycles. The lowest BCUT2D eigenvalue weighted by Gasteiger charge is -2.31. The van der Waals surface area contributed by atoms with Gasteiger partial charge in [-0.1, -0.05) is 26.2 Å². The van der Waals surface area contributed by atoms with Crippen molar-refractivity contribution in [1.29, 1.82) is 0 Å². The van der Waals surface area contributed by atoms with E-state index >= 15 is 0 Å². The first-order valence-electron chi connectivity index (χ1n) is 6.52. The minimum absolute atomic E-state index is 0.104. The van der Waals surface area contributed by atoms with Gasteiger partial charge in [-0.25, -0.2) is 0 Å². The Morgan fingerprint density at radius 3 is 2.56 bits per heavy atom. The molecule has 2 nitrogen and oxygen atoms in total. The van der Waals surface area contributed by atoms with Gasteiger partial charge in [-0.05, 0) is 43.2 Å². The Bertz CT molecular complexity index is 323. The lowest BCUT2D eigenvalue weighted by molar-refractivity contribution is 0.225. The molecular formula is C14H23NO. The Kier molecular flexibility index (Phi) is 3.70. The fraction of sp³-hybridized carbons (Fsp3) is 0.714. The van der Waals surface area contributed by atoms with Gasteiger partial charge in [-0.2, -0.15) is 0 Å². The second kappa shape index (κ2) is 5.05. The van der Waals surface area contributed by atoms with Crippen molar-refractivity contribution < 1.29 is 4.42 Å². The van der Waals surface area contributed by atoms with E-state index in [1.807, 2.05) is 6.07 Å². The van der Waals surface area contributed by atoms with Gasteiger partial charge in [-0.15, -0.1) is 0 Å². The van der Waals surface area contributed by atoms with Gasteiger partial charge in [-0.3, -0.25) is 0 Å². The van der Waals surface area contributed by atoms with Crippen molar-refractivity contribution in [3.05, 3.63) is 23.7 Å². The van der Waals surface area contributed by atoms with Crippen LogP contribution in [0.15, 0.2) is 16.7 Å². The number of furan rings is 1. The zero-order valence-corrected chi connectivity index (χ0v) is 10.4. The van der Waals surface area contributed by atoms with Crippen molar-refractivity contribution in [2.75, 3.05) is 0 Å². The average molecular weight is 221 g/mol. The van der Waals surface area contributed by atoms with E-state index in [-0.39, 0.29) is 6.04 Å². The zero-order chi connectivity index (χ0) is 11.5. The monoisotopic (exact) mass is 221 g/mol. The van der Waals surface area contributed by atoms with Crippen LogP contribution in [0.4, 0.5) is 0 Å². The van der Waals surface area contributed by atoms with Crippen LogP contribution < -0.4 is 5.73 Å². The summed E-state index contributed by atoms with van der Waals surface area (Å²) in [6.07, 6.45) is 8.28. The molecular weight excluding hydrogens is 198 g/mol. The summed E-state index contributed by atoms with van der Waals surface area (Å²) in [5, 5.41) is 0.